The Labute approximate surface area is 105 Å². The van der Waals surface area contributed by atoms with Crippen LogP contribution >= 0.6 is 0 Å². The Balaban J connectivity index is 2.02. The van der Waals surface area contributed by atoms with Crippen LogP contribution in [0, 0.1) is 5.92 Å². The number of H-pyrrole nitrogens is 1. The molecular weight excluding hydrogens is 230 g/mol. The topological polar surface area (TPSA) is 75.3 Å². The monoisotopic (exact) mass is 247 g/mol. The average molecular weight is 247 g/mol. The van der Waals surface area contributed by atoms with Gasteiger partial charge in [0.1, 0.15) is 0 Å². The summed E-state index contributed by atoms with van der Waals surface area (Å²) in [6, 6.07) is 3.62. The Bertz CT molecular complexity index is 625. The highest BCUT2D eigenvalue weighted by Crippen LogP contribution is 2.34. The fourth-order valence-electron chi connectivity index (χ4n) is 2.29. The van der Waals surface area contributed by atoms with Gasteiger partial charge in [0, 0.05) is 19.2 Å². The number of anilines is 2. The van der Waals surface area contributed by atoms with Gasteiger partial charge in [-0.1, -0.05) is 0 Å². The van der Waals surface area contributed by atoms with Gasteiger partial charge in [-0.05, 0) is 31.7 Å². The van der Waals surface area contributed by atoms with Crippen molar-refractivity contribution in [2.45, 2.75) is 19.8 Å². The Morgan fingerprint density at radius 1 is 1.50 bits per heavy atom. The standard InChI is InChI=1S/C13H17N3O2/c1-2-16(7-8-3-4-8)11-6-10-12(5-9(11)14)18-13(17)15-10/h5-6,8H,2-4,7,14H2,1H3,(H,15,17). The molecule has 0 aliphatic heterocycles. The van der Waals surface area contributed by atoms with Crippen molar-refractivity contribution in [2.24, 2.45) is 5.92 Å². The third kappa shape index (κ3) is 1.96. The Morgan fingerprint density at radius 2 is 2.28 bits per heavy atom. The van der Waals surface area contributed by atoms with Crippen molar-refractivity contribution in [3.05, 3.63) is 22.7 Å². The van der Waals surface area contributed by atoms with E-state index in [1.165, 1.54) is 12.8 Å². The summed E-state index contributed by atoms with van der Waals surface area (Å²) in [6.45, 7) is 4.06. The zero-order chi connectivity index (χ0) is 12.7. The van der Waals surface area contributed by atoms with Gasteiger partial charge in [-0.25, -0.2) is 4.79 Å². The molecule has 1 aliphatic carbocycles. The summed E-state index contributed by atoms with van der Waals surface area (Å²) < 4.78 is 5.00. The van der Waals surface area contributed by atoms with Crippen molar-refractivity contribution in [1.29, 1.82) is 0 Å². The fourth-order valence-corrected chi connectivity index (χ4v) is 2.29. The molecule has 1 aliphatic rings. The van der Waals surface area contributed by atoms with Gasteiger partial charge in [0.25, 0.3) is 0 Å². The van der Waals surface area contributed by atoms with Crippen LogP contribution < -0.4 is 16.4 Å². The minimum absolute atomic E-state index is 0.438. The molecule has 1 fully saturated rings. The Morgan fingerprint density at radius 3 is 2.94 bits per heavy atom. The van der Waals surface area contributed by atoms with Crippen molar-refractivity contribution in [2.75, 3.05) is 23.7 Å². The van der Waals surface area contributed by atoms with E-state index in [1.807, 2.05) is 6.07 Å². The molecule has 2 aromatic rings. The molecule has 1 aromatic carbocycles. The highest BCUT2D eigenvalue weighted by molar-refractivity contribution is 5.85. The van der Waals surface area contributed by atoms with E-state index in [4.69, 9.17) is 10.2 Å². The first-order valence-electron chi connectivity index (χ1n) is 6.34. The number of fused-ring (bicyclic) bond motifs is 1. The van der Waals surface area contributed by atoms with Crippen LogP contribution in [0.5, 0.6) is 0 Å². The summed E-state index contributed by atoms with van der Waals surface area (Å²) in [7, 11) is 0. The van der Waals surface area contributed by atoms with Crippen molar-refractivity contribution < 1.29 is 4.42 Å². The molecule has 1 saturated carbocycles. The number of rotatable bonds is 4. The molecular formula is C13H17N3O2. The highest BCUT2D eigenvalue weighted by Gasteiger charge is 2.24. The predicted octanol–water partition coefficient (Wildman–Crippen LogP) is 1.94. The second-order valence-corrected chi connectivity index (χ2v) is 4.90. The fraction of sp³-hybridized carbons (Fsp3) is 0.462. The van der Waals surface area contributed by atoms with Crippen LogP contribution in [0.3, 0.4) is 0 Å². The van der Waals surface area contributed by atoms with Crippen molar-refractivity contribution in [1.82, 2.24) is 4.98 Å². The molecule has 0 radical (unpaired) electrons. The predicted molar refractivity (Wildman–Crippen MR) is 71.9 cm³/mol. The molecule has 3 N–H and O–H groups in total. The van der Waals surface area contributed by atoms with Gasteiger partial charge in [0.05, 0.1) is 16.9 Å². The van der Waals surface area contributed by atoms with Crippen LogP contribution in [0.15, 0.2) is 21.3 Å². The Hall–Kier alpha value is -1.91. The van der Waals surface area contributed by atoms with Gasteiger partial charge in [0.2, 0.25) is 0 Å². The van der Waals surface area contributed by atoms with Crippen LogP contribution in [0.2, 0.25) is 0 Å². The molecule has 5 heteroatoms. The van der Waals surface area contributed by atoms with Gasteiger partial charge in [-0.3, -0.25) is 4.98 Å². The van der Waals surface area contributed by atoms with E-state index >= 15 is 0 Å². The molecule has 3 rings (SSSR count). The van der Waals surface area contributed by atoms with E-state index in [0.717, 1.165) is 24.7 Å². The minimum atomic E-state index is -0.438. The third-order valence-corrected chi connectivity index (χ3v) is 3.47. The van der Waals surface area contributed by atoms with Gasteiger partial charge in [0.15, 0.2) is 5.58 Å². The van der Waals surface area contributed by atoms with Gasteiger partial charge >= 0.3 is 5.76 Å². The van der Waals surface area contributed by atoms with Crippen LogP contribution in [-0.2, 0) is 0 Å². The second-order valence-electron chi connectivity index (χ2n) is 4.90. The molecule has 18 heavy (non-hydrogen) atoms. The van der Waals surface area contributed by atoms with Crippen LogP contribution in [0.4, 0.5) is 11.4 Å². The number of nitrogens with one attached hydrogen (secondary N) is 1. The molecule has 1 heterocycles. The highest BCUT2D eigenvalue weighted by atomic mass is 16.4. The molecule has 0 amide bonds. The van der Waals surface area contributed by atoms with Gasteiger partial charge in [-0.2, -0.15) is 0 Å². The number of hydrogen-bond acceptors (Lipinski definition) is 4. The second kappa shape index (κ2) is 4.08. The summed E-state index contributed by atoms with van der Waals surface area (Å²) in [5, 5.41) is 0. The zero-order valence-corrected chi connectivity index (χ0v) is 10.4. The third-order valence-electron chi connectivity index (χ3n) is 3.47. The average Bonchev–Trinajstić information content (AvgIpc) is 3.07. The molecule has 5 nitrogen and oxygen atoms in total. The van der Waals surface area contributed by atoms with E-state index < -0.39 is 5.76 Å². The largest absolute Gasteiger partial charge is 0.417 e. The number of nitrogens with two attached hydrogens (primary N) is 1. The lowest BCUT2D eigenvalue weighted by Gasteiger charge is -2.24. The molecule has 0 saturated heterocycles. The number of aromatic nitrogens is 1. The van der Waals surface area contributed by atoms with E-state index in [0.29, 0.717) is 16.8 Å². The maximum atomic E-state index is 11.2. The Kier molecular flexibility index (Phi) is 2.54. The number of oxazole rings is 1. The normalized spacial score (nSPS) is 15.2. The van der Waals surface area contributed by atoms with Crippen molar-refractivity contribution >= 4 is 22.5 Å². The van der Waals surface area contributed by atoms with E-state index in [9.17, 15) is 4.79 Å². The van der Waals surface area contributed by atoms with Crippen LogP contribution in [-0.4, -0.2) is 18.1 Å². The smallest absolute Gasteiger partial charge is 0.408 e. The van der Waals surface area contributed by atoms with Gasteiger partial charge in [-0.15, -0.1) is 0 Å². The molecule has 1 aromatic heterocycles. The summed E-state index contributed by atoms with van der Waals surface area (Å²) in [5.74, 6) is 0.357. The SMILES string of the molecule is CCN(CC1CC1)c1cc2[nH]c(=O)oc2cc1N. The van der Waals surface area contributed by atoms with E-state index in [1.54, 1.807) is 6.07 Å². The summed E-state index contributed by atoms with van der Waals surface area (Å²) in [4.78, 5) is 16.1. The first kappa shape index (κ1) is 11.2. The lowest BCUT2D eigenvalue weighted by molar-refractivity contribution is 0.555. The summed E-state index contributed by atoms with van der Waals surface area (Å²) >= 11 is 0. The lowest BCUT2D eigenvalue weighted by Crippen LogP contribution is -2.26. The minimum Gasteiger partial charge on any atom is -0.408 e. The lowest BCUT2D eigenvalue weighted by atomic mass is 10.2. The number of aromatic amines is 1. The van der Waals surface area contributed by atoms with Crippen LogP contribution in [0.1, 0.15) is 19.8 Å². The maximum absolute atomic E-state index is 11.2. The molecule has 0 atom stereocenters. The van der Waals surface area contributed by atoms with Gasteiger partial charge < -0.3 is 15.1 Å². The molecule has 0 spiro atoms. The first-order chi connectivity index (χ1) is 8.67. The molecule has 0 bridgehead atoms. The molecule has 0 unspecified atom stereocenters. The molecule has 96 valence electrons. The summed E-state index contributed by atoms with van der Waals surface area (Å²) in [6.07, 6.45) is 2.61. The number of nitrogens with zero attached hydrogens (tertiary/aromatic N) is 1. The van der Waals surface area contributed by atoms with Crippen molar-refractivity contribution in [3.63, 3.8) is 0 Å². The van der Waals surface area contributed by atoms with E-state index in [-0.39, 0.29) is 0 Å². The van der Waals surface area contributed by atoms with Crippen LogP contribution in [0.25, 0.3) is 11.1 Å². The summed E-state index contributed by atoms with van der Waals surface area (Å²) in [5.41, 5.74) is 8.92. The van der Waals surface area contributed by atoms with E-state index in [2.05, 4.69) is 16.8 Å². The first-order valence-corrected chi connectivity index (χ1v) is 6.34. The number of hydrogen-bond donors (Lipinski definition) is 2. The number of nitrogen functional groups attached to an aromatic ring is 1. The maximum Gasteiger partial charge on any atom is 0.417 e. The number of benzene rings is 1. The van der Waals surface area contributed by atoms with Crippen molar-refractivity contribution in [3.8, 4) is 0 Å². The quantitative estimate of drug-likeness (QED) is 0.810. The zero-order valence-electron chi connectivity index (χ0n) is 10.4.